The van der Waals surface area contributed by atoms with Crippen molar-refractivity contribution in [1.82, 2.24) is 4.90 Å². The molecule has 0 aromatic heterocycles. The first kappa shape index (κ1) is 14.5. The second-order valence-electron chi connectivity index (χ2n) is 4.20. The third kappa shape index (κ3) is 5.07. The predicted octanol–water partition coefficient (Wildman–Crippen LogP) is 3.37. The zero-order valence-corrected chi connectivity index (χ0v) is 11.8. The largest absolute Gasteiger partial charge is 0.380 e. The fourth-order valence-corrected chi connectivity index (χ4v) is 2.02. The molecule has 0 heterocycles. The van der Waals surface area contributed by atoms with E-state index in [-0.39, 0.29) is 0 Å². The van der Waals surface area contributed by atoms with Crippen molar-refractivity contribution >= 4 is 11.6 Å². The van der Waals surface area contributed by atoms with E-state index in [2.05, 4.69) is 31.0 Å². The topological polar surface area (TPSA) is 12.5 Å². The Morgan fingerprint density at radius 2 is 2.00 bits per heavy atom. The number of hydrogen-bond acceptors (Lipinski definition) is 2. The van der Waals surface area contributed by atoms with Gasteiger partial charge in [0.2, 0.25) is 0 Å². The van der Waals surface area contributed by atoms with Gasteiger partial charge in [0.1, 0.15) is 0 Å². The number of aryl methyl sites for hydroxylation is 1. The first-order valence-electron chi connectivity index (χ1n) is 6.21. The summed E-state index contributed by atoms with van der Waals surface area (Å²) in [4.78, 5) is 2.26. The zero-order chi connectivity index (χ0) is 12.7. The van der Waals surface area contributed by atoms with Gasteiger partial charge in [-0.05, 0) is 43.7 Å². The quantitative estimate of drug-likeness (QED) is 0.693. The lowest BCUT2D eigenvalue weighted by Crippen LogP contribution is -2.23. The SMILES string of the molecule is CCOCCN(C)Cc1cc(Cl)ccc1CC. The minimum Gasteiger partial charge on any atom is -0.380 e. The van der Waals surface area contributed by atoms with Crippen LogP contribution in [0.1, 0.15) is 25.0 Å². The van der Waals surface area contributed by atoms with Gasteiger partial charge in [-0.2, -0.15) is 0 Å². The summed E-state index contributed by atoms with van der Waals surface area (Å²) in [6.45, 7) is 7.64. The van der Waals surface area contributed by atoms with Gasteiger partial charge in [0, 0.05) is 24.7 Å². The fourth-order valence-electron chi connectivity index (χ4n) is 1.82. The number of nitrogens with zero attached hydrogens (tertiary/aromatic N) is 1. The summed E-state index contributed by atoms with van der Waals surface area (Å²) in [5, 5.41) is 0.815. The van der Waals surface area contributed by atoms with Crippen molar-refractivity contribution in [2.75, 3.05) is 26.8 Å². The van der Waals surface area contributed by atoms with E-state index in [1.54, 1.807) is 0 Å². The molecule has 0 bridgehead atoms. The highest BCUT2D eigenvalue weighted by Crippen LogP contribution is 2.18. The van der Waals surface area contributed by atoms with Crippen LogP contribution in [0.3, 0.4) is 0 Å². The monoisotopic (exact) mass is 255 g/mol. The first-order chi connectivity index (χ1) is 8.17. The van der Waals surface area contributed by atoms with Crippen molar-refractivity contribution in [2.24, 2.45) is 0 Å². The molecule has 0 amide bonds. The highest BCUT2D eigenvalue weighted by atomic mass is 35.5. The van der Waals surface area contributed by atoms with Gasteiger partial charge in [-0.15, -0.1) is 0 Å². The smallest absolute Gasteiger partial charge is 0.0593 e. The Balaban J connectivity index is 2.57. The highest BCUT2D eigenvalue weighted by Gasteiger charge is 2.05. The van der Waals surface area contributed by atoms with Gasteiger partial charge >= 0.3 is 0 Å². The first-order valence-corrected chi connectivity index (χ1v) is 6.58. The van der Waals surface area contributed by atoms with Crippen molar-refractivity contribution in [1.29, 1.82) is 0 Å². The molecule has 0 atom stereocenters. The van der Waals surface area contributed by atoms with Crippen LogP contribution < -0.4 is 0 Å². The van der Waals surface area contributed by atoms with Crippen LogP contribution >= 0.6 is 11.6 Å². The number of ether oxygens (including phenoxy) is 1. The second-order valence-corrected chi connectivity index (χ2v) is 4.64. The van der Waals surface area contributed by atoms with Crippen LogP contribution in [0.15, 0.2) is 18.2 Å². The number of halogens is 1. The Labute approximate surface area is 110 Å². The van der Waals surface area contributed by atoms with E-state index in [4.69, 9.17) is 16.3 Å². The van der Waals surface area contributed by atoms with Crippen molar-refractivity contribution in [3.05, 3.63) is 34.3 Å². The molecule has 0 aliphatic rings. The molecular weight excluding hydrogens is 234 g/mol. The van der Waals surface area contributed by atoms with E-state index in [1.165, 1.54) is 11.1 Å². The van der Waals surface area contributed by atoms with Crippen molar-refractivity contribution in [3.63, 3.8) is 0 Å². The maximum absolute atomic E-state index is 6.04. The van der Waals surface area contributed by atoms with Crippen LogP contribution in [0.4, 0.5) is 0 Å². The lowest BCUT2D eigenvalue weighted by atomic mass is 10.1. The maximum Gasteiger partial charge on any atom is 0.0593 e. The van der Waals surface area contributed by atoms with E-state index in [1.807, 2.05) is 13.0 Å². The molecule has 0 radical (unpaired) electrons. The Kier molecular flexibility index (Phi) is 6.56. The second kappa shape index (κ2) is 7.70. The molecule has 3 heteroatoms. The number of benzene rings is 1. The Bertz CT molecular complexity index is 341. The summed E-state index contributed by atoms with van der Waals surface area (Å²) in [7, 11) is 2.11. The number of hydrogen-bond donors (Lipinski definition) is 0. The molecule has 0 saturated carbocycles. The predicted molar refractivity (Wildman–Crippen MR) is 73.7 cm³/mol. The molecule has 2 nitrogen and oxygen atoms in total. The minimum absolute atomic E-state index is 0.783. The molecule has 0 fully saturated rings. The van der Waals surface area contributed by atoms with E-state index >= 15 is 0 Å². The highest BCUT2D eigenvalue weighted by molar-refractivity contribution is 6.30. The molecule has 0 saturated heterocycles. The summed E-state index contributed by atoms with van der Waals surface area (Å²) in [6, 6.07) is 6.15. The van der Waals surface area contributed by atoms with Crippen LogP contribution in [-0.4, -0.2) is 31.7 Å². The maximum atomic E-state index is 6.04. The molecule has 0 aliphatic carbocycles. The van der Waals surface area contributed by atoms with Crippen molar-refractivity contribution < 1.29 is 4.74 Å². The number of rotatable bonds is 7. The summed E-state index contributed by atoms with van der Waals surface area (Å²) < 4.78 is 5.35. The molecule has 96 valence electrons. The van der Waals surface area contributed by atoms with E-state index in [9.17, 15) is 0 Å². The average Bonchev–Trinajstić information content (AvgIpc) is 2.29. The summed E-state index contributed by atoms with van der Waals surface area (Å²) in [5.41, 5.74) is 2.69. The van der Waals surface area contributed by atoms with E-state index in [0.29, 0.717) is 0 Å². The Morgan fingerprint density at radius 3 is 2.65 bits per heavy atom. The van der Waals surface area contributed by atoms with Gasteiger partial charge in [0.25, 0.3) is 0 Å². The van der Waals surface area contributed by atoms with Crippen LogP contribution in [0.2, 0.25) is 5.02 Å². The molecular formula is C14H22ClNO. The van der Waals surface area contributed by atoms with Crippen molar-refractivity contribution in [2.45, 2.75) is 26.8 Å². The lowest BCUT2D eigenvalue weighted by molar-refractivity contribution is 0.120. The summed E-state index contributed by atoms with van der Waals surface area (Å²) >= 11 is 6.04. The van der Waals surface area contributed by atoms with Gasteiger partial charge in [-0.25, -0.2) is 0 Å². The number of likely N-dealkylation sites (N-methyl/N-ethyl adjacent to an activating group) is 1. The summed E-state index contributed by atoms with van der Waals surface area (Å²) in [6.07, 6.45) is 1.05. The minimum atomic E-state index is 0.783. The Morgan fingerprint density at radius 1 is 1.24 bits per heavy atom. The molecule has 0 N–H and O–H groups in total. The van der Waals surface area contributed by atoms with Crippen LogP contribution in [0.25, 0.3) is 0 Å². The molecule has 1 aromatic rings. The summed E-state index contributed by atoms with van der Waals surface area (Å²) in [5.74, 6) is 0. The van der Waals surface area contributed by atoms with Gasteiger partial charge in [0.05, 0.1) is 6.61 Å². The van der Waals surface area contributed by atoms with Crippen LogP contribution in [-0.2, 0) is 17.7 Å². The molecule has 0 aliphatic heterocycles. The lowest BCUT2D eigenvalue weighted by Gasteiger charge is -2.18. The van der Waals surface area contributed by atoms with Crippen LogP contribution in [0, 0.1) is 0 Å². The Hall–Kier alpha value is -0.570. The van der Waals surface area contributed by atoms with Crippen molar-refractivity contribution in [3.8, 4) is 0 Å². The van der Waals surface area contributed by atoms with E-state index < -0.39 is 0 Å². The molecule has 1 aromatic carbocycles. The molecule has 0 unspecified atom stereocenters. The molecule has 17 heavy (non-hydrogen) atoms. The standard InChI is InChI=1S/C14H22ClNO/c1-4-12-6-7-14(15)10-13(12)11-16(3)8-9-17-5-2/h6-7,10H,4-5,8-9,11H2,1-3H3. The third-order valence-corrected chi connectivity index (χ3v) is 3.05. The third-order valence-electron chi connectivity index (χ3n) is 2.81. The van der Waals surface area contributed by atoms with Gasteiger partial charge in [0.15, 0.2) is 0 Å². The normalized spacial score (nSPS) is 11.1. The zero-order valence-electron chi connectivity index (χ0n) is 11.0. The van der Waals surface area contributed by atoms with E-state index in [0.717, 1.165) is 37.7 Å². The van der Waals surface area contributed by atoms with Gasteiger partial charge in [-0.1, -0.05) is 24.6 Å². The van der Waals surface area contributed by atoms with Gasteiger partial charge in [-0.3, -0.25) is 4.90 Å². The molecule has 0 spiro atoms. The molecule has 1 rings (SSSR count). The van der Waals surface area contributed by atoms with Crippen LogP contribution in [0.5, 0.6) is 0 Å². The fraction of sp³-hybridized carbons (Fsp3) is 0.571. The van der Waals surface area contributed by atoms with Gasteiger partial charge < -0.3 is 4.74 Å². The average molecular weight is 256 g/mol.